The Balaban J connectivity index is 1.97. The summed E-state index contributed by atoms with van der Waals surface area (Å²) in [5.74, 6) is 0.442. The molecule has 0 bridgehead atoms. The van der Waals surface area contributed by atoms with Gasteiger partial charge in [-0.1, -0.05) is 66.7 Å². The van der Waals surface area contributed by atoms with E-state index in [1.54, 1.807) is 6.07 Å². The van der Waals surface area contributed by atoms with Crippen molar-refractivity contribution < 1.29 is 4.79 Å². The minimum Gasteiger partial charge on any atom is -0.351 e. The van der Waals surface area contributed by atoms with Crippen LogP contribution in [0.5, 0.6) is 0 Å². The van der Waals surface area contributed by atoms with Crippen LogP contribution in [0, 0.1) is 0 Å². The summed E-state index contributed by atoms with van der Waals surface area (Å²) in [7, 11) is 0. The van der Waals surface area contributed by atoms with Gasteiger partial charge in [0.15, 0.2) is 5.82 Å². The first-order chi connectivity index (χ1) is 13.2. The number of hydrogen-bond acceptors (Lipinski definition) is 4. The first-order valence-electron chi connectivity index (χ1n) is 8.32. The van der Waals surface area contributed by atoms with Crippen molar-refractivity contribution in [1.29, 1.82) is 0 Å². The van der Waals surface area contributed by atoms with E-state index in [2.05, 4.69) is 44.1 Å². The van der Waals surface area contributed by atoms with Gasteiger partial charge in [0.25, 0.3) is 0 Å². The number of primary amides is 1. The second-order valence-electron chi connectivity index (χ2n) is 5.88. The quantitative estimate of drug-likeness (QED) is 0.518. The molecule has 2 amide bonds. The number of benzene rings is 3. The maximum atomic E-state index is 11.5. The maximum absolute atomic E-state index is 11.5. The molecule has 4 N–H and O–H groups in total. The van der Waals surface area contributed by atoms with Gasteiger partial charge in [-0.2, -0.15) is 0 Å². The molecule has 0 atom stereocenters. The number of carbonyl (C=O) groups excluding carboxylic acids is 1. The maximum Gasteiger partial charge on any atom is 0.316 e. The minimum absolute atomic E-state index is 0.442. The lowest BCUT2D eigenvalue weighted by Gasteiger charge is -2.16. The average Bonchev–Trinajstić information content (AvgIpc) is 3.22. The van der Waals surface area contributed by atoms with Crippen molar-refractivity contribution >= 4 is 11.7 Å². The van der Waals surface area contributed by atoms with Crippen molar-refractivity contribution in [2.45, 2.75) is 0 Å². The van der Waals surface area contributed by atoms with Crippen molar-refractivity contribution in [1.82, 2.24) is 20.6 Å². The second-order valence-corrected chi connectivity index (χ2v) is 5.88. The van der Waals surface area contributed by atoms with E-state index in [1.807, 2.05) is 48.5 Å². The molecule has 0 saturated carbocycles. The number of anilines is 1. The Labute approximate surface area is 155 Å². The van der Waals surface area contributed by atoms with E-state index >= 15 is 0 Å². The van der Waals surface area contributed by atoms with Gasteiger partial charge in [-0.25, -0.2) is 9.89 Å². The Hall–Kier alpha value is -4.00. The highest BCUT2D eigenvalue weighted by Crippen LogP contribution is 2.40. The molecular formula is C20H16N6O. The lowest BCUT2D eigenvalue weighted by molar-refractivity contribution is 0.259. The number of urea groups is 1. The van der Waals surface area contributed by atoms with Gasteiger partial charge in [0.1, 0.15) is 0 Å². The van der Waals surface area contributed by atoms with Crippen LogP contribution in [-0.2, 0) is 0 Å². The molecule has 1 heterocycles. The average molecular weight is 356 g/mol. The minimum atomic E-state index is -0.655. The summed E-state index contributed by atoms with van der Waals surface area (Å²) in [5.41, 5.74) is 10.6. The highest BCUT2D eigenvalue weighted by molar-refractivity contribution is 5.99. The van der Waals surface area contributed by atoms with Crippen LogP contribution >= 0.6 is 0 Å². The molecule has 0 saturated heterocycles. The van der Waals surface area contributed by atoms with Gasteiger partial charge in [0.05, 0.1) is 11.3 Å². The molecule has 0 aliphatic rings. The summed E-state index contributed by atoms with van der Waals surface area (Å²) < 4.78 is 0. The summed E-state index contributed by atoms with van der Waals surface area (Å²) in [6, 6.07) is 23.1. The van der Waals surface area contributed by atoms with Crippen LogP contribution in [0.1, 0.15) is 0 Å². The van der Waals surface area contributed by atoms with Gasteiger partial charge in [-0.3, -0.25) is 0 Å². The Morgan fingerprint density at radius 1 is 0.852 bits per heavy atom. The standard InChI is InChI=1S/C20H16N6O/c21-20(27)22-17-12-6-11-16(18(17)19-23-25-26-24-19)15-10-5-4-9-14(15)13-7-2-1-3-8-13/h1-12H,(H3,21,22,27)(H,23,24,25,26). The number of carbonyl (C=O) groups is 1. The summed E-state index contributed by atoms with van der Waals surface area (Å²) in [6.07, 6.45) is 0. The van der Waals surface area contributed by atoms with E-state index in [9.17, 15) is 4.79 Å². The van der Waals surface area contributed by atoms with E-state index in [0.29, 0.717) is 17.1 Å². The summed E-state index contributed by atoms with van der Waals surface area (Å²) >= 11 is 0. The smallest absolute Gasteiger partial charge is 0.316 e. The third kappa shape index (κ3) is 3.25. The molecule has 0 radical (unpaired) electrons. The molecule has 0 spiro atoms. The number of tetrazole rings is 1. The fraction of sp³-hybridized carbons (Fsp3) is 0. The SMILES string of the molecule is NC(=O)Nc1cccc(-c2ccccc2-c2ccccc2)c1-c1nnn[nH]1. The monoisotopic (exact) mass is 356 g/mol. The van der Waals surface area contributed by atoms with Crippen LogP contribution in [0.3, 0.4) is 0 Å². The van der Waals surface area contributed by atoms with Crippen LogP contribution in [0.4, 0.5) is 10.5 Å². The molecule has 1 aromatic heterocycles. The molecule has 0 aliphatic carbocycles. The normalized spacial score (nSPS) is 10.5. The molecule has 27 heavy (non-hydrogen) atoms. The lowest BCUT2D eigenvalue weighted by atomic mass is 9.91. The molecule has 7 nitrogen and oxygen atoms in total. The first kappa shape index (κ1) is 16.5. The highest BCUT2D eigenvalue weighted by atomic mass is 16.2. The van der Waals surface area contributed by atoms with Crippen molar-refractivity contribution in [2.75, 3.05) is 5.32 Å². The summed E-state index contributed by atoms with van der Waals surface area (Å²) in [5, 5.41) is 16.8. The Bertz CT molecular complexity index is 1080. The third-order valence-electron chi connectivity index (χ3n) is 4.21. The zero-order valence-electron chi connectivity index (χ0n) is 14.3. The van der Waals surface area contributed by atoms with E-state index in [4.69, 9.17) is 5.73 Å². The fourth-order valence-corrected chi connectivity index (χ4v) is 3.12. The van der Waals surface area contributed by atoms with Crippen molar-refractivity contribution in [2.24, 2.45) is 5.73 Å². The Morgan fingerprint density at radius 2 is 1.56 bits per heavy atom. The molecule has 4 rings (SSSR count). The van der Waals surface area contributed by atoms with Gasteiger partial charge >= 0.3 is 6.03 Å². The van der Waals surface area contributed by atoms with Crippen LogP contribution in [-0.4, -0.2) is 26.7 Å². The van der Waals surface area contributed by atoms with Gasteiger partial charge in [0, 0.05) is 0 Å². The van der Waals surface area contributed by atoms with Crippen LogP contribution in [0.25, 0.3) is 33.6 Å². The fourth-order valence-electron chi connectivity index (χ4n) is 3.12. The van der Waals surface area contributed by atoms with E-state index in [0.717, 1.165) is 22.3 Å². The Kier molecular flexibility index (Phi) is 4.32. The Morgan fingerprint density at radius 3 is 2.26 bits per heavy atom. The molecule has 0 aliphatic heterocycles. The zero-order valence-corrected chi connectivity index (χ0v) is 14.3. The molecule has 132 valence electrons. The summed E-state index contributed by atoms with van der Waals surface area (Å²) in [4.78, 5) is 11.5. The van der Waals surface area contributed by atoms with Crippen LogP contribution in [0.2, 0.25) is 0 Å². The highest BCUT2D eigenvalue weighted by Gasteiger charge is 2.18. The number of nitrogens with one attached hydrogen (secondary N) is 2. The summed E-state index contributed by atoms with van der Waals surface area (Å²) in [6.45, 7) is 0. The van der Waals surface area contributed by atoms with Gasteiger partial charge in [0.2, 0.25) is 0 Å². The lowest BCUT2D eigenvalue weighted by Crippen LogP contribution is -2.20. The molecule has 7 heteroatoms. The predicted molar refractivity (Wildman–Crippen MR) is 104 cm³/mol. The van der Waals surface area contributed by atoms with Crippen molar-refractivity contribution in [3.05, 3.63) is 72.8 Å². The number of aromatic amines is 1. The molecule has 0 unspecified atom stereocenters. The van der Waals surface area contributed by atoms with E-state index in [1.165, 1.54) is 0 Å². The number of nitrogens with two attached hydrogens (primary N) is 1. The largest absolute Gasteiger partial charge is 0.351 e. The van der Waals surface area contributed by atoms with Gasteiger partial charge in [-0.05, 0) is 38.7 Å². The van der Waals surface area contributed by atoms with Crippen LogP contribution in [0.15, 0.2) is 72.8 Å². The number of H-pyrrole nitrogens is 1. The molecule has 3 aromatic carbocycles. The van der Waals surface area contributed by atoms with Crippen LogP contribution < -0.4 is 11.1 Å². The van der Waals surface area contributed by atoms with Gasteiger partial charge in [-0.15, -0.1) is 5.10 Å². The third-order valence-corrected chi connectivity index (χ3v) is 4.21. The van der Waals surface area contributed by atoms with Crippen molar-refractivity contribution in [3.8, 4) is 33.6 Å². The predicted octanol–water partition coefficient (Wildman–Crippen LogP) is 3.69. The number of hydrogen-bond donors (Lipinski definition) is 3. The molecule has 4 aromatic rings. The van der Waals surface area contributed by atoms with Crippen molar-refractivity contribution in [3.63, 3.8) is 0 Å². The first-order valence-corrected chi connectivity index (χ1v) is 8.32. The zero-order chi connectivity index (χ0) is 18.6. The molecule has 0 fully saturated rings. The van der Waals surface area contributed by atoms with E-state index in [-0.39, 0.29) is 0 Å². The number of amides is 2. The molecular weight excluding hydrogens is 340 g/mol. The number of rotatable bonds is 4. The second kappa shape index (κ2) is 7.09. The van der Waals surface area contributed by atoms with E-state index < -0.39 is 6.03 Å². The number of nitrogens with zero attached hydrogens (tertiary/aromatic N) is 3. The topological polar surface area (TPSA) is 110 Å². The number of aromatic nitrogens is 4. The van der Waals surface area contributed by atoms with Gasteiger partial charge < -0.3 is 11.1 Å².